The van der Waals surface area contributed by atoms with Gasteiger partial charge < -0.3 is 10.4 Å². The van der Waals surface area contributed by atoms with Crippen molar-refractivity contribution < 1.29 is 18.7 Å². The fraction of sp³-hybridized carbons (Fsp3) is 0.562. The number of nitrogens with one attached hydrogen (secondary N) is 1. The van der Waals surface area contributed by atoms with Gasteiger partial charge in [0.05, 0.1) is 12.0 Å². The molecule has 2 rings (SSSR count). The molecule has 2 unspecified atom stereocenters. The minimum atomic E-state index is -1.03. The van der Waals surface area contributed by atoms with Crippen molar-refractivity contribution in [2.75, 3.05) is 26.2 Å². The van der Waals surface area contributed by atoms with Gasteiger partial charge in [0, 0.05) is 31.3 Å². The molecule has 0 aromatic heterocycles. The number of halogens is 2. The van der Waals surface area contributed by atoms with E-state index in [4.69, 9.17) is 0 Å². The van der Waals surface area contributed by atoms with Crippen LogP contribution in [0.2, 0.25) is 0 Å². The number of aliphatic hydroxyl groups is 1. The van der Waals surface area contributed by atoms with Crippen molar-refractivity contribution in [3.8, 4) is 0 Å². The molecule has 2 N–H and O–H groups in total. The summed E-state index contributed by atoms with van der Waals surface area (Å²) in [4.78, 5) is 13.8. The number of hydrogen-bond donors (Lipinski definition) is 2. The lowest BCUT2D eigenvalue weighted by molar-refractivity contribution is -0.126. The number of benzene rings is 1. The summed E-state index contributed by atoms with van der Waals surface area (Å²) in [6.45, 7) is 4.01. The number of carbonyl (C=O) groups is 1. The monoisotopic (exact) mass is 312 g/mol. The number of piperidine rings is 1. The Morgan fingerprint density at radius 2 is 2.27 bits per heavy atom. The van der Waals surface area contributed by atoms with Crippen molar-refractivity contribution in [1.29, 1.82) is 0 Å². The van der Waals surface area contributed by atoms with Crippen LogP contribution in [0.5, 0.6) is 0 Å². The van der Waals surface area contributed by atoms with Gasteiger partial charge in [-0.2, -0.15) is 0 Å². The molecule has 1 heterocycles. The third kappa shape index (κ3) is 4.24. The Labute approximate surface area is 129 Å². The van der Waals surface area contributed by atoms with Crippen LogP contribution in [-0.4, -0.2) is 42.1 Å². The fourth-order valence-corrected chi connectivity index (χ4v) is 2.87. The van der Waals surface area contributed by atoms with E-state index >= 15 is 0 Å². The number of aliphatic hydroxyl groups excluding tert-OH is 1. The van der Waals surface area contributed by atoms with E-state index in [9.17, 15) is 18.7 Å². The van der Waals surface area contributed by atoms with Crippen LogP contribution >= 0.6 is 0 Å². The van der Waals surface area contributed by atoms with Crippen molar-refractivity contribution in [2.24, 2.45) is 5.92 Å². The van der Waals surface area contributed by atoms with Crippen LogP contribution in [0.1, 0.15) is 31.4 Å². The van der Waals surface area contributed by atoms with E-state index in [1.165, 1.54) is 6.07 Å². The molecular weight excluding hydrogens is 290 g/mol. The van der Waals surface area contributed by atoms with Gasteiger partial charge in [-0.15, -0.1) is 0 Å². The second-order valence-electron chi connectivity index (χ2n) is 5.67. The van der Waals surface area contributed by atoms with E-state index in [0.29, 0.717) is 13.1 Å². The third-order valence-electron chi connectivity index (χ3n) is 3.98. The van der Waals surface area contributed by atoms with Gasteiger partial charge in [0.25, 0.3) is 0 Å². The Balaban J connectivity index is 1.96. The van der Waals surface area contributed by atoms with Crippen LogP contribution in [0, 0.1) is 17.6 Å². The lowest BCUT2D eigenvalue weighted by Gasteiger charge is -2.33. The van der Waals surface area contributed by atoms with Crippen LogP contribution in [0.3, 0.4) is 0 Å². The van der Waals surface area contributed by atoms with Crippen LogP contribution in [0.15, 0.2) is 18.2 Å². The molecule has 2 atom stereocenters. The van der Waals surface area contributed by atoms with E-state index in [-0.39, 0.29) is 23.9 Å². The molecule has 1 aromatic carbocycles. The van der Waals surface area contributed by atoms with Gasteiger partial charge in [-0.1, -0.05) is 6.07 Å². The van der Waals surface area contributed by atoms with E-state index in [1.54, 1.807) is 0 Å². The second kappa shape index (κ2) is 7.65. The van der Waals surface area contributed by atoms with Crippen LogP contribution in [0.4, 0.5) is 8.78 Å². The summed E-state index contributed by atoms with van der Waals surface area (Å²) >= 11 is 0. The summed E-state index contributed by atoms with van der Waals surface area (Å²) in [7, 11) is 0. The molecule has 22 heavy (non-hydrogen) atoms. The molecule has 0 spiro atoms. The minimum Gasteiger partial charge on any atom is -0.387 e. The lowest BCUT2D eigenvalue weighted by atomic mass is 9.96. The Bertz CT molecular complexity index is 525. The predicted molar refractivity (Wildman–Crippen MR) is 79.2 cm³/mol. The van der Waals surface area contributed by atoms with Crippen molar-refractivity contribution >= 4 is 5.91 Å². The van der Waals surface area contributed by atoms with Crippen LogP contribution in [0.25, 0.3) is 0 Å². The van der Waals surface area contributed by atoms with E-state index in [0.717, 1.165) is 31.5 Å². The lowest BCUT2D eigenvalue weighted by Crippen LogP contribution is -2.44. The number of rotatable bonds is 5. The number of hydrogen-bond acceptors (Lipinski definition) is 3. The van der Waals surface area contributed by atoms with Gasteiger partial charge in [-0.25, -0.2) is 8.78 Å². The minimum absolute atomic E-state index is 0.0228. The number of carbonyl (C=O) groups excluding carboxylic acids is 1. The average Bonchev–Trinajstić information content (AvgIpc) is 2.47. The predicted octanol–water partition coefficient (Wildman–Crippen LogP) is 1.85. The Morgan fingerprint density at radius 3 is 2.95 bits per heavy atom. The maximum atomic E-state index is 13.7. The average molecular weight is 312 g/mol. The molecular formula is C16H22F2N2O2. The standard InChI is InChI=1S/C16H22F2N2O2/c1-2-19-16(22)11-4-3-7-20(9-11)10-15(21)13-6-5-12(17)8-14(13)18/h5-6,8,11,15,21H,2-4,7,9-10H2,1H3,(H,19,22). The summed E-state index contributed by atoms with van der Waals surface area (Å²) in [6, 6.07) is 3.17. The molecule has 0 saturated carbocycles. The Kier molecular flexibility index (Phi) is 5.85. The molecule has 1 saturated heterocycles. The maximum Gasteiger partial charge on any atom is 0.224 e. The van der Waals surface area contributed by atoms with Crippen molar-refractivity contribution in [2.45, 2.75) is 25.9 Å². The molecule has 1 fully saturated rings. The van der Waals surface area contributed by atoms with E-state index in [2.05, 4.69) is 5.32 Å². The highest BCUT2D eigenvalue weighted by Gasteiger charge is 2.27. The third-order valence-corrected chi connectivity index (χ3v) is 3.98. The quantitative estimate of drug-likeness (QED) is 0.872. The summed E-state index contributed by atoms with van der Waals surface area (Å²) in [5, 5.41) is 13.0. The number of β-amino-alcohol motifs (C(OH)–C–C–N with tert-alkyl or cyclic N) is 1. The zero-order chi connectivity index (χ0) is 16.1. The summed E-state index contributed by atoms with van der Waals surface area (Å²) in [6.07, 6.45) is 0.651. The summed E-state index contributed by atoms with van der Waals surface area (Å²) in [5.41, 5.74) is 0.0848. The van der Waals surface area contributed by atoms with Crippen molar-refractivity contribution in [1.82, 2.24) is 10.2 Å². The van der Waals surface area contributed by atoms with Crippen LogP contribution < -0.4 is 5.32 Å². The first-order chi connectivity index (χ1) is 10.5. The van der Waals surface area contributed by atoms with E-state index in [1.807, 2.05) is 11.8 Å². The first-order valence-corrected chi connectivity index (χ1v) is 7.64. The van der Waals surface area contributed by atoms with Crippen molar-refractivity contribution in [3.63, 3.8) is 0 Å². The molecule has 4 nitrogen and oxygen atoms in total. The summed E-state index contributed by atoms with van der Waals surface area (Å²) in [5.74, 6) is -1.49. The van der Waals surface area contributed by atoms with Gasteiger partial charge in [0.1, 0.15) is 11.6 Å². The molecule has 0 bridgehead atoms. The van der Waals surface area contributed by atoms with Gasteiger partial charge >= 0.3 is 0 Å². The smallest absolute Gasteiger partial charge is 0.224 e. The highest BCUT2D eigenvalue weighted by Crippen LogP contribution is 2.22. The molecule has 122 valence electrons. The first kappa shape index (κ1) is 16.8. The number of nitrogens with zero attached hydrogens (tertiary/aromatic N) is 1. The van der Waals surface area contributed by atoms with Gasteiger partial charge in [0.2, 0.25) is 5.91 Å². The number of likely N-dealkylation sites (tertiary alicyclic amines) is 1. The fourth-order valence-electron chi connectivity index (χ4n) is 2.87. The molecule has 1 aliphatic rings. The normalized spacial score (nSPS) is 20.6. The maximum absolute atomic E-state index is 13.7. The Morgan fingerprint density at radius 1 is 1.50 bits per heavy atom. The zero-order valence-electron chi connectivity index (χ0n) is 12.7. The van der Waals surface area contributed by atoms with Gasteiger partial charge in [-0.3, -0.25) is 9.69 Å². The Hall–Kier alpha value is -1.53. The highest BCUT2D eigenvalue weighted by atomic mass is 19.1. The van der Waals surface area contributed by atoms with Crippen molar-refractivity contribution in [3.05, 3.63) is 35.4 Å². The first-order valence-electron chi connectivity index (χ1n) is 7.64. The topological polar surface area (TPSA) is 52.6 Å². The zero-order valence-corrected chi connectivity index (χ0v) is 12.7. The molecule has 0 radical (unpaired) electrons. The number of amides is 1. The van der Waals surface area contributed by atoms with Gasteiger partial charge in [0.15, 0.2) is 0 Å². The molecule has 1 aromatic rings. The van der Waals surface area contributed by atoms with E-state index < -0.39 is 17.7 Å². The van der Waals surface area contributed by atoms with Gasteiger partial charge in [-0.05, 0) is 32.4 Å². The SMILES string of the molecule is CCNC(=O)C1CCCN(CC(O)c2ccc(F)cc2F)C1. The highest BCUT2D eigenvalue weighted by molar-refractivity contribution is 5.78. The molecule has 1 aliphatic heterocycles. The second-order valence-corrected chi connectivity index (χ2v) is 5.67. The molecule has 1 amide bonds. The molecule has 0 aliphatic carbocycles. The largest absolute Gasteiger partial charge is 0.387 e. The summed E-state index contributed by atoms with van der Waals surface area (Å²) < 4.78 is 26.6. The molecule has 6 heteroatoms. The van der Waals surface area contributed by atoms with Crippen LogP contribution in [-0.2, 0) is 4.79 Å².